The molecule has 1 saturated heterocycles. The van der Waals surface area contributed by atoms with Crippen LogP contribution < -0.4 is 16.6 Å². The van der Waals surface area contributed by atoms with E-state index >= 15 is 0 Å². The first-order valence-electron chi connectivity index (χ1n) is 6.56. The number of nitrogens with two attached hydrogens (primary N) is 1. The van der Waals surface area contributed by atoms with E-state index in [0.29, 0.717) is 13.0 Å². The second-order valence-corrected chi connectivity index (χ2v) is 5.27. The minimum absolute atomic E-state index is 0.110. The lowest BCUT2D eigenvalue weighted by Crippen LogP contribution is -2.50. The Labute approximate surface area is 121 Å². The topological polar surface area (TPSA) is 120 Å². The van der Waals surface area contributed by atoms with Crippen LogP contribution in [0, 0.1) is 10.1 Å². The molecule has 1 aromatic carbocycles. The number of nitro groups is 1. The van der Waals surface area contributed by atoms with Gasteiger partial charge in [0.1, 0.15) is 5.69 Å². The summed E-state index contributed by atoms with van der Waals surface area (Å²) in [5.41, 5.74) is 1.88. The van der Waals surface area contributed by atoms with Crippen LogP contribution >= 0.6 is 0 Å². The summed E-state index contributed by atoms with van der Waals surface area (Å²) in [4.78, 5) is 22.7. The first kappa shape index (κ1) is 15.2. The minimum Gasteiger partial charge on any atom is -0.376 e. The van der Waals surface area contributed by atoms with Crippen molar-refractivity contribution in [3.63, 3.8) is 0 Å². The molecule has 8 heteroatoms. The van der Waals surface area contributed by atoms with E-state index in [0.717, 1.165) is 0 Å². The van der Waals surface area contributed by atoms with Gasteiger partial charge in [-0.1, -0.05) is 0 Å². The van der Waals surface area contributed by atoms with Crippen LogP contribution in [0.5, 0.6) is 0 Å². The second kappa shape index (κ2) is 5.66. The molecule has 1 aromatic rings. The number of carbonyl (C=O) groups is 1. The SMILES string of the molecule is CC1OCCC1(C)NC(=O)c1ccc(NN)c([N+](=O)[O-])c1. The van der Waals surface area contributed by atoms with Crippen molar-refractivity contribution in [3.05, 3.63) is 33.9 Å². The molecule has 114 valence electrons. The van der Waals surface area contributed by atoms with Gasteiger partial charge < -0.3 is 15.5 Å². The maximum Gasteiger partial charge on any atom is 0.294 e. The number of anilines is 1. The fraction of sp³-hybridized carbons (Fsp3) is 0.462. The first-order chi connectivity index (χ1) is 9.87. The largest absolute Gasteiger partial charge is 0.376 e. The number of nitrogen functional groups attached to an aromatic ring is 1. The van der Waals surface area contributed by atoms with E-state index in [2.05, 4.69) is 10.7 Å². The summed E-state index contributed by atoms with van der Waals surface area (Å²) in [6, 6.07) is 4.10. The van der Waals surface area contributed by atoms with Crippen molar-refractivity contribution in [2.75, 3.05) is 12.0 Å². The zero-order valence-corrected chi connectivity index (χ0v) is 11.9. The molecule has 1 fully saturated rings. The molecule has 0 aliphatic carbocycles. The highest BCUT2D eigenvalue weighted by Gasteiger charge is 2.38. The van der Waals surface area contributed by atoms with Crippen LogP contribution in [0.4, 0.5) is 11.4 Å². The van der Waals surface area contributed by atoms with Crippen LogP contribution in [0.1, 0.15) is 30.6 Å². The molecular weight excluding hydrogens is 276 g/mol. The Morgan fingerprint density at radius 3 is 2.81 bits per heavy atom. The molecule has 0 saturated carbocycles. The number of nitrogens with zero attached hydrogens (tertiary/aromatic N) is 1. The van der Waals surface area contributed by atoms with Gasteiger partial charge in [-0.3, -0.25) is 20.8 Å². The third kappa shape index (κ3) is 2.96. The summed E-state index contributed by atoms with van der Waals surface area (Å²) in [7, 11) is 0. The average Bonchev–Trinajstić information content (AvgIpc) is 2.77. The molecule has 1 heterocycles. The molecule has 4 N–H and O–H groups in total. The Bertz CT molecular complexity index is 577. The molecule has 21 heavy (non-hydrogen) atoms. The van der Waals surface area contributed by atoms with Crippen LogP contribution in [0.3, 0.4) is 0 Å². The van der Waals surface area contributed by atoms with Crippen LogP contribution in [-0.4, -0.2) is 29.1 Å². The first-order valence-corrected chi connectivity index (χ1v) is 6.56. The summed E-state index contributed by atoms with van der Waals surface area (Å²) in [5, 5.41) is 13.9. The van der Waals surface area contributed by atoms with Gasteiger partial charge in [0.15, 0.2) is 0 Å². The quantitative estimate of drug-likeness (QED) is 0.436. The number of carbonyl (C=O) groups excluding carboxylic acids is 1. The number of ether oxygens (including phenoxy) is 1. The number of rotatable bonds is 4. The molecule has 0 aromatic heterocycles. The van der Waals surface area contributed by atoms with E-state index in [9.17, 15) is 14.9 Å². The molecule has 0 spiro atoms. The van der Waals surface area contributed by atoms with E-state index in [-0.39, 0.29) is 28.9 Å². The zero-order chi connectivity index (χ0) is 15.6. The average molecular weight is 294 g/mol. The highest BCUT2D eigenvalue weighted by Crippen LogP contribution is 2.27. The number of hydrogen-bond acceptors (Lipinski definition) is 6. The summed E-state index contributed by atoms with van der Waals surface area (Å²) >= 11 is 0. The molecule has 2 atom stereocenters. The van der Waals surface area contributed by atoms with Gasteiger partial charge >= 0.3 is 0 Å². The van der Waals surface area contributed by atoms with Gasteiger partial charge in [0.25, 0.3) is 11.6 Å². The summed E-state index contributed by atoms with van der Waals surface area (Å²) in [6.07, 6.45) is 0.589. The Morgan fingerprint density at radius 1 is 1.57 bits per heavy atom. The molecular formula is C13H18N4O4. The van der Waals surface area contributed by atoms with Crippen molar-refractivity contribution in [1.82, 2.24) is 5.32 Å². The molecule has 2 rings (SSSR count). The fourth-order valence-corrected chi connectivity index (χ4v) is 2.28. The highest BCUT2D eigenvalue weighted by molar-refractivity contribution is 5.96. The number of hydrazine groups is 1. The van der Waals surface area contributed by atoms with E-state index in [1.165, 1.54) is 18.2 Å². The molecule has 0 bridgehead atoms. The third-order valence-corrected chi connectivity index (χ3v) is 3.90. The highest BCUT2D eigenvalue weighted by atomic mass is 16.6. The summed E-state index contributed by atoms with van der Waals surface area (Å²) in [6.45, 7) is 4.36. The minimum atomic E-state index is -0.588. The van der Waals surface area contributed by atoms with Crippen LogP contribution in [-0.2, 0) is 4.74 Å². The molecule has 2 unspecified atom stereocenters. The van der Waals surface area contributed by atoms with Crippen LogP contribution in [0.2, 0.25) is 0 Å². The Kier molecular flexibility index (Phi) is 4.10. The molecule has 0 radical (unpaired) electrons. The summed E-state index contributed by atoms with van der Waals surface area (Å²) in [5.74, 6) is 4.84. The van der Waals surface area contributed by atoms with Gasteiger partial charge in [0.05, 0.1) is 16.6 Å². The Balaban J connectivity index is 2.24. The number of hydrogen-bond donors (Lipinski definition) is 3. The fourth-order valence-electron chi connectivity index (χ4n) is 2.28. The Morgan fingerprint density at radius 2 is 2.29 bits per heavy atom. The van der Waals surface area contributed by atoms with Crippen molar-refractivity contribution in [2.24, 2.45) is 5.84 Å². The van der Waals surface area contributed by atoms with Gasteiger partial charge in [-0.25, -0.2) is 0 Å². The predicted octanol–water partition coefficient (Wildman–Crippen LogP) is 1.18. The summed E-state index contributed by atoms with van der Waals surface area (Å²) < 4.78 is 5.45. The number of amides is 1. The monoisotopic (exact) mass is 294 g/mol. The lowest BCUT2D eigenvalue weighted by molar-refractivity contribution is -0.384. The second-order valence-electron chi connectivity index (χ2n) is 5.27. The standard InChI is InChI=1S/C13H18N4O4/c1-8-13(2,5-6-21-8)15-12(18)9-3-4-10(16-14)11(7-9)17(19)20/h3-4,7-8,16H,5-6,14H2,1-2H3,(H,15,18). The lowest BCUT2D eigenvalue weighted by Gasteiger charge is -2.28. The van der Waals surface area contributed by atoms with Crippen molar-refractivity contribution < 1.29 is 14.5 Å². The Hall–Kier alpha value is -2.19. The predicted molar refractivity (Wildman–Crippen MR) is 76.8 cm³/mol. The van der Waals surface area contributed by atoms with Crippen molar-refractivity contribution in [2.45, 2.75) is 31.9 Å². The third-order valence-electron chi connectivity index (χ3n) is 3.90. The van der Waals surface area contributed by atoms with Gasteiger partial charge in [0.2, 0.25) is 0 Å². The van der Waals surface area contributed by atoms with E-state index in [1.54, 1.807) is 0 Å². The number of benzene rings is 1. The van der Waals surface area contributed by atoms with E-state index in [4.69, 9.17) is 10.6 Å². The van der Waals surface area contributed by atoms with E-state index < -0.39 is 10.5 Å². The smallest absolute Gasteiger partial charge is 0.294 e. The van der Waals surface area contributed by atoms with E-state index in [1.807, 2.05) is 13.8 Å². The number of nitro benzene ring substituents is 1. The van der Waals surface area contributed by atoms with Gasteiger partial charge in [-0.05, 0) is 32.4 Å². The van der Waals surface area contributed by atoms with Gasteiger partial charge in [-0.15, -0.1) is 0 Å². The molecule has 1 aliphatic rings. The zero-order valence-electron chi connectivity index (χ0n) is 11.9. The van der Waals surface area contributed by atoms with Crippen molar-refractivity contribution >= 4 is 17.3 Å². The maximum absolute atomic E-state index is 12.3. The van der Waals surface area contributed by atoms with Crippen molar-refractivity contribution in [3.8, 4) is 0 Å². The van der Waals surface area contributed by atoms with Crippen LogP contribution in [0.25, 0.3) is 0 Å². The molecule has 1 amide bonds. The molecule has 1 aliphatic heterocycles. The molecule has 8 nitrogen and oxygen atoms in total. The van der Waals surface area contributed by atoms with Gasteiger partial charge in [-0.2, -0.15) is 0 Å². The normalized spacial score (nSPS) is 24.6. The van der Waals surface area contributed by atoms with Crippen LogP contribution in [0.15, 0.2) is 18.2 Å². The lowest BCUT2D eigenvalue weighted by atomic mass is 9.94. The van der Waals surface area contributed by atoms with Crippen molar-refractivity contribution in [1.29, 1.82) is 0 Å². The van der Waals surface area contributed by atoms with Gasteiger partial charge in [0, 0.05) is 18.2 Å². The number of nitrogens with one attached hydrogen (secondary N) is 2. The maximum atomic E-state index is 12.3.